The van der Waals surface area contributed by atoms with E-state index in [0.717, 1.165) is 0 Å². The van der Waals surface area contributed by atoms with Crippen molar-refractivity contribution in [2.45, 2.75) is 38.3 Å². The third-order valence-corrected chi connectivity index (χ3v) is 3.50. The van der Waals surface area contributed by atoms with Gasteiger partial charge in [0.05, 0.1) is 6.54 Å². The maximum atomic E-state index is 12.1. The van der Waals surface area contributed by atoms with Gasteiger partial charge in [0.25, 0.3) is 0 Å². The number of aromatic nitrogens is 4. The first-order chi connectivity index (χ1) is 9.10. The van der Waals surface area contributed by atoms with E-state index >= 15 is 0 Å². The third-order valence-electron chi connectivity index (χ3n) is 3.50. The van der Waals surface area contributed by atoms with Crippen molar-refractivity contribution >= 4 is 12.0 Å². The molecule has 1 saturated heterocycles. The van der Waals surface area contributed by atoms with Crippen molar-refractivity contribution in [3.63, 3.8) is 0 Å². The molecule has 0 saturated carbocycles. The van der Waals surface area contributed by atoms with Gasteiger partial charge in [-0.25, -0.2) is 9.59 Å². The monoisotopic (exact) mass is 268 g/mol. The molecule has 1 unspecified atom stereocenters. The van der Waals surface area contributed by atoms with E-state index in [1.54, 1.807) is 6.92 Å². The Labute approximate surface area is 109 Å². The second-order valence-corrected chi connectivity index (χ2v) is 4.43. The molecular formula is C10H16N6O3. The van der Waals surface area contributed by atoms with Crippen LogP contribution in [0.15, 0.2) is 0 Å². The predicted molar refractivity (Wildman–Crippen MR) is 63.0 cm³/mol. The lowest BCUT2D eigenvalue weighted by atomic mass is 9.93. The Morgan fingerprint density at radius 3 is 2.95 bits per heavy atom. The number of hydrogen-bond acceptors (Lipinski definition) is 5. The maximum absolute atomic E-state index is 12.1. The summed E-state index contributed by atoms with van der Waals surface area (Å²) in [7, 11) is 0. The van der Waals surface area contributed by atoms with E-state index in [2.05, 4.69) is 25.9 Å². The SMILES string of the molecule is CCC1(C(=O)O)CCCN1C(=O)NCc1nn[nH]n1. The Bertz CT molecular complexity index is 462. The number of amides is 2. The molecule has 1 atom stereocenters. The highest BCUT2D eigenvalue weighted by Gasteiger charge is 2.48. The highest BCUT2D eigenvalue weighted by atomic mass is 16.4. The van der Waals surface area contributed by atoms with Gasteiger partial charge in [-0.2, -0.15) is 5.21 Å². The molecule has 0 spiro atoms. The number of carboxylic acids is 1. The van der Waals surface area contributed by atoms with E-state index in [0.29, 0.717) is 31.6 Å². The summed E-state index contributed by atoms with van der Waals surface area (Å²) < 4.78 is 0. The molecule has 2 rings (SSSR count). The van der Waals surface area contributed by atoms with Crippen LogP contribution in [0.5, 0.6) is 0 Å². The number of tetrazole rings is 1. The van der Waals surface area contributed by atoms with Crippen molar-refractivity contribution in [2.75, 3.05) is 6.54 Å². The number of hydrogen-bond donors (Lipinski definition) is 3. The molecule has 9 heteroatoms. The lowest BCUT2D eigenvalue weighted by molar-refractivity contribution is -0.148. The molecule has 104 valence electrons. The van der Waals surface area contributed by atoms with Crippen molar-refractivity contribution in [2.24, 2.45) is 0 Å². The Morgan fingerprint density at radius 2 is 2.37 bits per heavy atom. The molecule has 2 amide bonds. The van der Waals surface area contributed by atoms with Gasteiger partial charge in [-0.1, -0.05) is 12.1 Å². The molecule has 1 aliphatic heterocycles. The fraction of sp³-hybridized carbons (Fsp3) is 0.700. The number of carboxylic acid groups (broad SMARTS) is 1. The van der Waals surface area contributed by atoms with Crippen LogP contribution in [0, 0.1) is 0 Å². The van der Waals surface area contributed by atoms with Gasteiger partial charge in [0.15, 0.2) is 5.82 Å². The van der Waals surface area contributed by atoms with E-state index in [-0.39, 0.29) is 6.54 Å². The normalized spacial score (nSPS) is 22.5. The van der Waals surface area contributed by atoms with E-state index in [1.165, 1.54) is 4.90 Å². The van der Waals surface area contributed by atoms with Gasteiger partial charge in [0, 0.05) is 6.54 Å². The topological polar surface area (TPSA) is 124 Å². The molecular weight excluding hydrogens is 252 g/mol. The molecule has 1 aromatic rings. The van der Waals surface area contributed by atoms with Crippen LogP contribution in [0.25, 0.3) is 0 Å². The number of rotatable bonds is 4. The van der Waals surface area contributed by atoms with Gasteiger partial charge < -0.3 is 15.3 Å². The first-order valence-corrected chi connectivity index (χ1v) is 6.11. The first kappa shape index (κ1) is 13.2. The number of aliphatic carboxylic acids is 1. The molecule has 2 heterocycles. The van der Waals surface area contributed by atoms with Crippen molar-refractivity contribution in [1.29, 1.82) is 0 Å². The number of urea groups is 1. The van der Waals surface area contributed by atoms with Gasteiger partial charge in [-0.15, -0.1) is 10.2 Å². The molecule has 1 fully saturated rings. The zero-order valence-electron chi connectivity index (χ0n) is 10.6. The standard InChI is InChI=1S/C10H16N6O3/c1-2-10(8(17)18)4-3-5-16(10)9(19)11-6-7-12-14-15-13-7/h2-6H2,1H3,(H,11,19)(H,17,18)(H,12,13,14,15). The van der Waals surface area contributed by atoms with Crippen LogP contribution in [0.3, 0.4) is 0 Å². The number of carbonyl (C=O) groups excluding carboxylic acids is 1. The Kier molecular flexibility index (Phi) is 3.63. The molecule has 19 heavy (non-hydrogen) atoms. The molecule has 0 radical (unpaired) electrons. The smallest absolute Gasteiger partial charge is 0.329 e. The van der Waals surface area contributed by atoms with Gasteiger partial charge in [-0.3, -0.25) is 0 Å². The second-order valence-electron chi connectivity index (χ2n) is 4.43. The van der Waals surface area contributed by atoms with Crippen LogP contribution in [-0.2, 0) is 11.3 Å². The van der Waals surface area contributed by atoms with Crippen molar-refractivity contribution in [3.05, 3.63) is 5.82 Å². The predicted octanol–water partition coefficient (Wildman–Crippen LogP) is -0.262. The zero-order valence-corrected chi connectivity index (χ0v) is 10.6. The average Bonchev–Trinajstić information content (AvgIpc) is 3.05. The van der Waals surface area contributed by atoms with Crippen LogP contribution in [0.1, 0.15) is 32.0 Å². The number of H-pyrrole nitrogens is 1. The van der Waals surface area contributed by atoms with Gasteiger partial charge in [-0.05, 0) is 19.3 Å². The molecule has 1 aliphatic rings. The van der Waals surface area contributed by atoms with Crippen molar-refractivity contribution in [1.82, 2.24) is 30.8 Å². The number of nitrogens with zero attached hydrogens (tertiary/aromatic N) is 4. The average molecular weight is 268 g/mol. The van der Waals surface area contributed by atoms with E-state index in [9.17, 15) is 14.7 Å². The molecule has 3 N–H and O–H groups in total. The summed E-state index contributed by atoms with van der Waals surface area (Å²) in [6.45, 7) is 2.34. The van der Waals surface area contributed by atoms with E-state index in [4.69, 9.17) is 0 Å². The van der Waals surface area contributed by atoms with Crippen molar-refractivity contribution < 1.29 is 14.7 Å². The minimum Gasteiger partial charge on any atom is -0.479 e. The highest BCUT2D eigenvalue weighted by Crippen LogP contribution is 2.32. The van der Waals surface area contributed by atoms with Gasteiger partial charge >= 0.3 is 12.0 Å². The lowest BCUT2D eigenvalue weighted by Crippen LogP contribution is -2.55. The van der Waals surface area contributed by atoms with Crippen LogP contribution in [0.2, 0.25) is 0 Å². The summed E-state index contributed by atoms with van der Waals surface area (Å²) in [5, 5.41) is 25.1. The molecule has 1 aromatic heterocycles. The fourth-order valence-corrected chi connectivity index (χ4v) is 2.42. The maximum Gasteiger partial charge on any atom is 0.329 e. The number of aromatic amines is 1. The summed E-state index contributed by atoms with van der Waals surface area (Å²) in [5.74, 6) is -0.604. The van der Waals surface area contributed by atoms with Crippen LogP contribution >= 0.6 is 0 Å². The van der Waals surface area contributed by atoms with Gasteiger partial charge in [0.1, 0.15) is 5.54 Å². The summed E-state index contributed by atoms with van der Waals surface area (Å²) in [5.41, 5.74) is -1.10. The number of carbonyl (C=O) groups is 2. The Morgan fingerprint density at radius 1 is 1.58 bits per heavy atom. The van der Waals surface area contributed by atoms with Crippen LogP contribution in [-0.4, -0.2) is 54.7 Å². The largest absolute Gasteiger partial charge is 0.479 e. The Hall–Kier alpha value is -2.19. The zero-order chi connectivity index (χ0) is 13.9. The fourth-order valence-electron chi connectivity index (χ4n) is 2.42. The molecule has 9 nitrogen and oxygen atoms in total. The quantitative estimate of drug-likeness (QED) is 0.691. The highest BCUT2D eigenvalue weighted by molar-refractivity contribution is 5.87. The van der Waals surface area contributed by atoms with Crippen LogP contribution < -0.4 is 5.32 Å². The van der Waals surface area contributed by atoms with E-state index < -0.39 is 17.5 Å². The summed E-state index contributed by atoms with van der Waals surface area (Å²) in [4.78, 5) is 24.9. The van der Waals surface area contributed by atoms with E-state index in [1.807, 2.05) is 0 Å². The number of nitrogens with one attached hydrogen (secondary N) is 2. The minimum absolute atomic E-state index is 0.116. The third kappa shape index (κ3) is 2.35. The van der Waals surface area contributed by atoms with Gasteiger partial charge in [0.2, 0.25) is 0 Å². The molecule has 0 bridgehead atoms. The summed E-state index contributed by atoms with van der Waals surface area (Å²) in [6.07, 6.45) is 1.56. The molecule has 0 aromatic carbocycles. The number of likely N-dealkylation sites (tertiary alicyclic amines) is 1. The summed E-state index contributed by atoms with van der Waals surface area (Å²) in [6, 6.07) is -0.411. The van der Waals surface area contributed by atoms with Crippen LogP contribution in [0.4, 0.5) is 4.79 Å². The minimum atomic E-state index is -1.10. The summed E-state index contributed by atoms with van der Waals surface area (Å²) >= 11 is 0. The Balaban J connectivity index is 2.03. The second kappa shape index (κ2) is 5.21. The molecule has 0 aliphatic carbocycles. The van der Waals surface area contributed by atoms with Crippen molar-refractivity contribution in [3.8, 4) is 0 Å². The lowest BCUT2D eigenvalue weighted by Gasteiger charge is -2.33. The first-order valence-electron chi connectivity index (χ1n) is 6.11.